The maximum atomic E-state index is 12.5. The molecule has 9 heteroatoms. The van der Waals surface area contributed by atoms with Gasteiger partial charge in [0.1, 0.15) is 0 Å². The number of aryl methyl sites for hydroxylation is 1. The molecule has 0 unspecified atom stereocenters. The highest BCUT2D eigenvalue weighted by atomic mass is 35.5. The van der Waals surface area contributed by atoms with Crippen LogP contribution in [0.4, 0.5) is 11.1 Å². The van der Waals surface area contributed by atoms with E-state index in [1.54, 1.807) is 0 Å². The molecule has 0 saturated carbocycles. The van der Waals surface area contributed by atoms with Gasteiger partial charge in [-0.05, 0) is 49.2 Å². The van der Waals surface area contributed by atoms with E-state index in [0.29, 0.717) is 16.5 Å². The number of nitrogens with one attached hydrogen (secondary N) is 2. The number of fused-ring (bicyclic) bond motifs is 2. The van der Waals surface area contributed by atoms with E-state index in [9.17, 15) is 4.79 Å². The number of imidazole rings is 1. The van der Waals surface area contributed by atoms with E-state index in [1.165, 1.54) is 11.3 Å². The van der Waals surface area contributed by atoms with Crippen molar-refractivity contribution in [2.45, 2.75) is 12.8 Å². The first-order valence-electron chi connectivity index (χ1n) is 9.42. The van der Waals surface area contributed by atoms with Crippen molar-refractivity contribution < 1.29 is 4.79 Å². The number of hydrazine groups is 1. The molecule has 1 amide bonds. The second-order valence-corrected chi connectivity index (χ2v) is 8.56. The minimum absolute atomic E-state index is 0.1000. The van der Waals surface area contributed by atoms with Crippen molar-refractivity contribution >= 4 is 61.2 Å². The summed E-state index contributed by atoms with van der Waals surface area (Å²) < 4.78 is 2.97. The topological polar surface area (TPSA) is 75.1 Å². The summed E-state index contributed by atoms with van der Waals surface area (Å²) in [6.07, 6.45) is 2.24. The van der Waals surface area contributed by atoms with Gasteiger partial charge < -0.3 is 9.88 Å². The lowest BCUT2D eigenvalue weighted by Crippen LogP contribution is -2.39. The lowest BCUT2D eigenvalue weighted by molar-refractivity contribution is 0.0826. The lowest BCUT2D eigenvalue weighted by atomic mass is 10.2. The summed E-state index contributed by atoms with van der Waals surface area (Å²) in [5, 5.41) is 6.69. The first kappa shape index (κ1) is 18.4. The molecule has 0 radical (unpaired) electrons. The molecule has 0 spiro atoms. The van der Waals surface area contributed by atoms with Crippen LogP contribution in [0.3, 0.4) is 0 Å². The van der Waals surface area contributed by atoms with E-state index in [1.807, 2.05) is 53.0 Å². The van der Waals surface area contributed by atoms with Gasteiger partial charge in [0.15, 0.2) is 5.13 Å². The number of hydrogen-bond donors (Lipinski definition) is 2. The Morgan fingerprint density at radius 3 is 2.76 bits per heavy atom. The number of aromatic nitrogens is 3. The van der Waals surface area contributed by atoms with Crippen molar-refractivity contribution in [2.75, 3.05) is 18.4 Å². The average molecular weight is 427 g/mol. The second-order valence-electron chi connectivity index (χ2n) is 7.09. The van der Waals surface area contributed by atoms with E-state index in [0.717, 1.165) is 52.3 Å². The van der Waals surface area contributed by atoms with Gasteiger partial charge in [-0.1, -0.05) is 22.9 Å². The molecule has 2 aromatic heterocycles. The molecule has 2 aromatic carbocycles. The summed E-state index contributed by atoms with van der Waals surface area (Å²) in [6.45, 7) is 1.80. The van der Waals surface area contributed by atoms with Gasteiger partial charge in [-0.3, -0.25) is 10.2 Å². The SMILES string of the molecule is Cn1c(Nc2nc3ccc(Cl)cc3s2)nc2cc(C(=O)NN3CCCC3)ccc21. The van der Waals surface area contributed by atoms with Crippen LogP contribution in [0.25, 0.3) is 21.3 Å². The van der Waals surface area contributed by atoms with Crippen LogP contribution >= 0.6 is 22.9 Å². The number of halogens is 1. The van der Waals surface area contributed by atoms with Crippen molar-refractivity contribution in [1.29, 1.82) is 0 Å². The van der Waals surface area contributed by atoms with E-state index in [2.05, 4.69) is 20.7 Å². The number of hydrogen-bond acceptors (Lipinski definition) is 6. The van der Waals surface area contributed by atoms with Gasteiger partial charge in [0.25, 0.3) is 5.91 Å². The third-order valence-electron chi connectivity index (χ3n) is 5.08. The number of benzene rings is 2. The maximum absolute atomic E-state index is 12.5. The van der Waals surface area contributed by atoms with Crippen molar-refractivity contribution in [3.63, 3.8) is 0 Å². The Balaban J connectivity index is 1.41. The second kappa shape index (κ2) is 7.29. The largest absolute Gasteiger partial charge is 0.313 e. The Morgan fingerprint density at radius 2 is 1.93 bits per heavy atom. The lowest BCUT2D eigenvalue weighted by Gasteiger charge is -2.16. The summed E-state index contributed by atoms with van der Waals surface area (Å²) in [6, 6.07) is 11.2. The molecule has 148 valence electrons. The zero-order valence-corrected chi connectivity index (χ0v) is 17.3. The molecule has 1 saturated heterocycles. The molecule has 29 heavy (non-hydrogen) atoms. The number of anilines is 2. The van der Waals surface area contributed by atoms with Gasteiger partial charge in [-0.25, -0.2) is 15.0 Å². The molecule has 2 N–H and O–H groups in total. The summed E-state index contributed by atoms with van der Waals surface area (Å²) in [7, 11) is 1.94. The van der Waals surface area contributed by atoms with Crippen LogP contribution in [-0.2, 0) is 7.05 Å². The standard InChI is InChI=1S/C20H19ClN6OS/c1-26-16-7-4-12(18(28)25-27-8-2-3-9-27)10-15(16)22-19(26)24-20-23-14-6-5-13(21)11-17(14)29-20/h4-7,10-11H,2-3,8-9H2,1H3,(H,25,28)(H,22,23,24). The molecule has 4 aromatic rings. The highest BCUT2D eigenvalue weighted by molar-refractivity contribution is 7.22. The van der Waals surface area contributed by atoms with Crippen LogP contribution in [-0.4, -0.2) is 38.5 Å². The number of amides is 1. The summed E-state index contributed by atoms with van der Waals surface area (Å²) in [5.41, 5.74) is 6.15. The molecule has 1 aliphatic heterocycles. The van der Waals surface area contributed by atoms with E-state index in [-0.39, 0.29) is 5.91 Å². The quantitative estimate of drug-likeness (QED) is 0.508. The Bertz CT molecular complexity index is 1230. The Hall–Kier alpha value is -2.68. The highest BCUT2D eigenvalue weighted by Gasteiger charge is 2.17. The fraction of sp³-hybridized carbons (Fsp3) is 0.250. The Labute approximate surface area is 176 Å². The van der Waals surface area contributed by atoms with Gasteiger partial charge in [-0.15, -0.1) is 0 Å². The van der Waals surface area contributed by atoms with E-state index < -0.39 is 0 Å². The first-order valence-corrected chi connectivity index (χ1v) is 10.6. The van der Waals surface area contributed by atoms with Gasteiger partial charge in [0.05, 0.1) is 21.3 Å². The number of carbonyl (C=O) groups excluding carboxylic acids is 1. The molecule has 3 heterocycles. The van der Waals surface area contributed by atoms with Crippen molar-refractivity contribution in [1.82, 2.24) is 25.0 Å². The van der Waals surface area contributed by atoms with Crippen LogP contribution in [0.2, 0.25) is 5.02 Å². The van der Waals surface area contributed by atoms with Gasteiger partial charge >= 0.3 is 0 Å². The molecule has 1 fully saturated rings. The highest BCUT2D eigenvalue weighted by Crippen LogP contribution is 2.31. The van der Waals surface area contributed by atoms with Crippen LogP contribution in [0.5, 0.6) is 0 Å². The molecular formula is C20H19ClN6OS. The van der Waals surface area contributed by atoms with Crippen molar-refractivity contribution in [3.05, 3.63) is 47.0 Å². The minimum atomic E-state index is -0.1000. The Morgan fingerprint density at radius 1 is 1.10 bits per heavy atom. The number of rotatable bonds is 4. The predicted octanol–water partition coefficient (Wildman–Crippen LogP) is 4.32. The number of carbonyl (C=O) groups is 1. The first-order chi connectivity index (χ1) is 14.1. The van der Waals surface area contributed by atoms with E-state index in [4.69, 9.17) is 11.6 Å². The summed E-state index contributed by atoms with van der Waals surface area (Å²) >= 11 is 7.59. The monoisotopic (exact) mass is 426 g/mol. The molecule has 1 aliphatic rings. The molecule has 0 aliphatic carbocycles. The molecule has 0 bridgehead atoms. The summed E-state index contributed by atoms with van der Waals surface area (Å²) in [5.74, 6) is 0.569. The summed E-state index contributed by atoms with van der Waals surface area (Å²) in [4.78, 5) is 21.8. The molecule has 0 atom stereocenters. The van der Waals surface area contributed by atoms with Crippen molar-refractivity contribution in [2.24, 2.45) is 7.05 Å². The minimum Gasteiger partial charge on any atom is -0.313 e. The fourth-order valence-electron chi connectivity index (χ4n) is 3.54. The number of nitrogens with zero attached hydrogens (tertiary/aromatic N) is 4. The van der Waals surface area contributed by atoms with Crippen LogP contribution < -0.4 is 10.7 Å². The zero-order chi connectivity index (χ0) is 20.0. The van der Waals surface area contributed by atoms with Crippen LogP contribution in [0, 0.1) is 0 Å². The van der Waals surface area contributed by atoms with Crippen molar-refractivity contribution in [3.8, 4) is 0 Å². The third kappa shape index (κ3) is 3.55. The van der Waals surface area contributed by atoms with Crippen LogP contribution in [0.15, 0.2) is 36.4 Å². The maximum Gasteiger partial charge on any atom is 0.265 e. The molecular weight excluding hydrogens is 408 g/mol. The third-order valence-corrected chi connectivity index (χ3v) is 6.25. The fourth-order valence-corrected chi connectivity index (χ4v) is 4.67. The zero-order valence-electron chi connectivity index (χ0n) is 15.8. The van der Waals surface area contributed by atoms with Gasteiger partial charge in [-0.2, -0.15) is 0 Å². The van der Waals surface area contributed by atoms with E-state index >= 15 is 0 Å². The smallest absolute Gasteiger partial charge is 0.265 e. The normalized spacial score (nSPS) is 14.7. The number of thiazole rings is 1. The predicted molar refractivity (Wildman–Crippen MR) is 117 cm³/mol. The molecule has 7 nitrogen and oxygen atoms in total. The van der Waals surface area contributed by atoms with Crippen LogP contribution in [0.1, 0.15) is 23.2 Å². The molecule has 5 rings (SSSR count). The Kier molecular flexibility index (Phi) is 4.61. The average Bonchev–Trinajstić information content (AvgIpc) is 3.41. The van der Waals surface area contributed by atoms with Gasteiger partial charge in [0, 0.05) is 30.7 Å². The van der Waals surface area contributed by atoms with Gasteiger partial charge in [0.2, 0.25) is 5.95 Å².